The minimum Gasteiger partial charge on any atom is -0.494 e. The highest BCUT2D eigenvalue weighted by atomic mass is 16.5. The molecule has 1 heterocycles. The Bertz CT molecular complexity index is 683. The van der Waals surface area contributed by atoms with E-state index in [9.17, 15) is 4.79 Å². The molecule has 0 spiro atoms. The highest BCUT2D eigenvalue weighted by Crippen LogP contribution is 2.23. The molecule has 22 heavy (non-hydrogen) atoms. The van der Waals surface area contributed by atoms with E-state index in [2.05, 4.69) is 10.6 Å². The number of anilines is 1. The molecule has 2 aromatic carbocycles. The standard InChI is InChI=1S/C18H20N2O2/c1-2-22-16-5-3-4-13(10-16)12-20-18(21)15-6-7-17-14(11-15)8-9-19-17/h3-7,10-11,19H,2,8-9,12H2,1H3,(H,20,21). The van der Waals surface area contributed by atoms with Gasteiger partial charge in [0.25, 0.3) is 5.91 Å². The minimum absolute atomic E-state index is 0.0449. The predicted molar refractivity (Wildman–Crippen MR) is 87.4 cm³/mol. The van der Waals surface area contributed by atoms with E-state index >= 15 is 0 Å². The summed E-state index contributed by atoms with van der Waals surface area (Å²) in [5.41, 5.74) is 4.09. The lowest BCUT2D eigenvalue weighted by Gasteiger charge is -2.09. The lowest BCUT2D eigenvalue weighted by Crippen LogP contribution is -2.22. The molecule has 2 N–H and O–H groups in total. The maximum atomic E-state index is 12.3. The van der Waals surface area contributed by atoms with E-state index in [-0.39, 0.29) is 5.91 Å². The molecule has 2 aromatic rings. The van der Waals surface area contributed by atoms with Crippen molar-refractivity contribution in [3.8, 4) is 5.75 Å². The van der Waals surface area contributed by atoms with Gasteiger partial charge in [0.05, 0.1) is 6.61 Å². The Balaban J connectivity index is 1.63. The van der Waals surface area contributed by atoms with E-state index in [0.29, 0.717) is 18.7 Å². The molecule has 0 unspecified atom stereocenters. The third kappa shape index (κ3) is 3.22. The zero-order chi connectivity index (χ0) is 15.4. The summed E-state index contributed by atoms with van der Waals surface area (Å²) in [4.78, 5) is 12.3. The third-order valence-electron chi connectivity index (χ3n) is 3.74. The summed E-state index contributed by atoms with van der Waals surface area (Å²) in [5, 5.41) is 6.26. The van der Waals surface area contributed by atoms with Crippen LogP contribution in [0.5, 0.6) is 5.75 Å². The van der Waals surface area contributed by atoms with Gasteiger partial charge in [-0.15, -0.1) is 0 Å². The molecule has 0 saturated carbocycles. The molecule has 114 valence electrons. The van der Waals surface area contributed by atoms with Crippen LogP contribution in [0.15, 0.2) is 42.5 Å². The zero-order valence-electron chi connectivity index (χ0n) is 12.7. The second-order valence-corrected chi connectivity index (χ2v) is 5.31. The molecule has 0 fully saturated rings. The van der Waals surface area contributed by atoms with Gasteiger partial charge in [0.15, 0.2) is 0 Å². The Morgan fingerprint density at radius 3 is 3.05 bits per heavy atom. The van der Waals surface area contributed by atoms with Crippen LogP contribution in [-0.4, -0.2) is 19.1 Å². The summed E-state index contributed by atoms with van der Waals surface area (Å²) in [7, 11) is 0. The highest BCUT2D eigenvalue weighted by Gasteiger charge is 2.13. The van der Waals surface area contributed by atoms with Gasteiger partial charge in [0.2, 0.25) is 0 Å². The van der Waals surface area contributed by atoms with E-state index < -0.39 is 0 Å². The summed E-state index contributed by atoms with van der Waals surface area (Å²) >= 11 is 0. The first kappa shape index (κ1) is 14.4. The molecule has 4 heteroatoms. The summed E-state index contributed by atoms with van der Waals surface area (Å²) < 4.78 is 5.47. The lowest BCUT2D eigenvalue weighted by atomic mass is 10.1. The van der Waals surface area contributed by atoms with Gasteiger partial charge < -0.3 is 15.4 Å². The zero-order valence-corrected chi connectivity index (χ0v) is 12.7. The average molecular weight is 296 g/mol. The van der Waals surface area contributed by atoms with E-state index in [0.717, 1.165) is 30.0 Å². The predicted octanol–water partition coefficient (Wildman–Crippen LogP) is 2.98. The number of amides is 1. The van der Waals surface area contributed by atoms with Crippen molar-refractivity contribution in [2.24, 2.45) is 0 Å². The molecule has 0 radical (unpaired) electrons. The van der Waals surface area contributed by atoms with Crippen LogP contribution in [0.25, 0.3) is 0 Å². The van der Waals surface area contributed by atoms with Gasteiger partial charge in [0, 0.05) is 24.3 Å². The molecule has 0 aromatic heterocycles. The molecular weight excluding hydrogens is 276 g/mol. The van der Waals surface area contributed by atoms with Gasteiger partial charge in [-0.05, 0) is 54.8 Å². The van der Waals surface area contributed by atoms with Crippen molar-refractivity contribution in [3.05, 3.63) is 59.2 Å². The smallest absolute Gasteiger partial charge is 0.251 e. The Morgan fingerprint density at radius 1 is 1.27 bits per heavy atom. The fourth-order valence-corrected chi connectivity index (χ4v) is 2.64. The van der Waals surface area contributed by atoms with Crippen LogP contribution in [-0.2, 0) is 13.0 Å². The summed E-state index contributed by atoms with van der Waals surface area (Å²) in [6.45, 7) is 4.04. The Morgan fingerprint density at radius 2 is 2.18 bits per heavy atom. The summed E-state index contributed by atoms with van der Waals surface area (Å²) in [6, 6.07) is 13.6. The minimum atomic E-state index is -0.0449. The van der Waals surface area contributed by atoms with Crippen molar-refractivity contribution in [1.82, 2.24) is 5.32 Å². The maximum absolute atomic E-state index is 12.3. The number of rotatable bonds is 5. The van der Waals surface area contributed by atoms with Gasteiger partial charge >= 0.3 is 0 Å². The number of carbonyl (C=O) groups is 1. The topological polar surface area (TPSA) is 50.4 Å². The number of benzene rings is 2. The van der Waals surface area contributed by atoms with Crippen LogP contribution in [0.2, 0.25) is 0 Å². The third-order valence-corrected chi connectivity index (χ3v) is 3.74. The number of hydrogen-bond donors (Lipinski definition) is 2. The van der Waals surface area contributed by atoms with Crippen LogP contribution < -0.4 is 15.4 Å². The fraction of sp³-hybridized carbons (Fsp3) is 0.278. The van der Waals surface area contributed by atoms with Crippen molar-refractivity contribution in [2.45, 2.75) is 19.9 Å². The van der Waals surface area contributed by atoms with Crippen molar-refractivity contribution < 1.29 is 9.53 Å². The molecule has 1 aliphatic heterocycles. The SMILES string of the molecule is CCOc1cccc(CNC(=O)c2ccc3c(c2)CCN3)c1. The monoisotopic (exact) mass is 296 g/mol. The first-order valence-corrected chi connectivity index (χ1v) is 7.63. The molecule has 4 nitrogen and oxygen atoms in total. The van der Waals surface area contributed by atoms with E-state index in [1.165, 1.54) is 5.56 Å². The fourth-order valence-electron chi connectivity index (χ4n) is 2.64. The van der Waals surface area contributed by atoms with Crippen LogP contribution in [0, 0.1) is 0 Å². The molecule has 1 aliphatic rings. The van der Waals surface area contributed by atoms with Gasteiger partial charge in [-0.25, -0.2) is 0 Å². The molecule has 0 saturated heterocycles. The number of nitrogens with one attached hydrogen (secondary N) is 2. The van der Waals surface area contributed by atoms with Gasteiger partial charge in [-0.2, -0.15) is 0 Å². The second kappa shape index (κ2) is 6.52. The number of fused-ring (bicyclic) bond motifs is 1. The van der Waals surface area contributed by atoms with Crippen LogP contribution in [0.4, 0.5) is 5.69 Å². The largest absolute Gasteiger partial charge is 0.494 e. The highest BCUT2D eigenvalue weighted by molar-refractivity contribution is 5.95. The van der Waals surface area contributed by atoms with E-state index in [4.69, 9.17) is 4.74 Å². The van der Waals surface area contributed by atoms with E-state index in [1.807, 2.05) is 49.4 Å². The molecule has 3 rings (SSSR count). The van der Waals surface area contributed by atoms with Gasteiger partial charge in [0.1, 0.15) is 5.75 Å². The first-order chi connectivity index (χ1) is 10.8. The Hall–Kier alpha value is -2.49. The quantitative estimate of drug-likeness (QED) is 0.892. The number of ether oxygens (including phenoxy) is 1. The van der Waals surface area contributed by atoms with Gasteiger partial charge in [-0.1, -0.05) is 12.1 Å². The van der Waals surface area contributed by atoms with Crippen LogP contribution in [0.3, 0.4) is 0 Å². The molecule has 0 aliphatic carbocycles. The van der Waals surface area contributed by atoms with Crippen LogP contribution in [0.1, 0.15) is 28.4 Å². The Kier molecular flexibility index (Phi) is 4.28. The summed E-state index contributed by atoms with van der Waals surface area (Å²) in [5.74, 6) is 0.786. The first-order valence-electron chi connectivity index (χ1n) is 7.63. The van der Waals surface area contributed by atoms with E-state index in [1.54, 1.807) is 0 Å². The van der Waals surface area contributed by atoms with Crippen molar-refractivity contribution in [2.75, 3.05) is 18.5 Å². The molecule has 0 atom stereocenters. The summed E-state index contributed by atoms with van der Waals surface area (Å²) in [6.07, 6.45) is 0.979. The van der Waals surface area contributed by atoms with Crippen molar-refractivity contribution in [3.63, 3.8) is 0 Å². The molecular formula is C18H20N2O2. The molecule has 1 amide bonds. The second-order valence-electron chi connectivity index (χ2n) is 5.31. The maximum Gasteiger partial charge on any atom is 0.251 e. The lowest BCUT2D eigenvalue weighted by molar-refractivity contribution is 0.0951. The normalized spacial score (nSPS) is 12.4. The average Bonchev–Trinajstić information content (AvgIpc) is 3.01. The Labute approximate surface area is 130 Å². The van der Waals surface area contributed by atoms with Crippen LogP contribution >= 0.6 is 0 Å². The number of carbonyl (C=O) groups excluding carboxylic acids is 1. The van der Waals surface area contributed by atoms with Crippen molar-refractivity contribution >= 4 is 11.6 Å². The van der Waals surface area contributed by atoms with Crippen molar-refractivity contribution in [1.29, 1.82) is 0 Å². The molecule has 0 bridgehead atoms. The number of hydrogen-bond acceptors (Lipinski definition) is 3. The van der Waals surface area contributed by atoms with Gasteiger partial charge in [-0.3, -0.25) is 4.79 Å².